The van der Waals surface area contributed by atoms with Crippen LogP contribution in [0, 0.1) is 16.0 Å². The van der Waals surface area contributed by atoms with Crippen LogP contribution in [-0.2, 0) is 0 Å². The number of nitrogens with zero attached hydrogens (tertiary/aromatic N) is 3. The molecule has 116 valence electrons. The van der Waals surface area contributed by atoms with Gasteiger partial charge in [-0.05, 0) is 18.8 Å². The smallest absolute Gasteiger partial charge is 0.372 e. The molecule has 1 fully saturated rings. The fourth-order valence-corrected chi connectivity index (χ4v) is 1.74. The summed E-state index contributed by atoms with van der Waals surface area (Å²) in [5.41, 5.74) is -0.160. The summed E-state index contributed by atoms with van der Waals surface area (Å²) in [6.45, 7) is 8.26. The van der Waals surface area contributed by atoms with Crippen molar-refractivity contribution < 1.29 is 9.66 Å². The van der Waals surface area contributed by atoms with Gasteiger partial charge < -0.3 is 10.1 Å². The van der Waals surface area contributed by atoms with E-state index in [0.717, 1.165) is 12.8 Å². The van der Waals surface area contributed by atoms with Crippen molar-refractivity contribution in [2.45, 2.75) is 52.5 Å². The van der Waals surface area contributed by atoms with Crippen molar-refractivity contribution in [3.05, 3.63) is 15.9 Å². The van der Waals surface area contributed by atoms with Gasteiger partial charge in [-0.15, -0.1) is 0 Å². The summed E-state index contributed by atoms with van der Waals surface area (Å²) in [5.74, 6) is 1.24. The Morgan fingerprint density at radius 3 is 2.48 bits per heavy atom. The van der Waals surface area contributed by atoms with Crippen molar-refractivity contribution in [1.82, 2.24) is 9.97 Å². The van der Waals surface area contributed by atoms with Gasteiger partial charge in [-0.3, -0.25) is 10.1 Å². The van der Waals surface area contributed by atoms with Crippen LogP contribution in [0.15, 0.2) is 0 Å². The van der Waals surface area contributed by atoms with Crippen molar-refractivity contribution in [3.63, 3.8) is 0 Å². The molecule has 1 aliphatic carbocycles. The Kier molecular flexibility index (Phi) is 4.59. The molecule has 0 aromatic carbocycles. The Hall–Kier alpha value is -1.92. The lowest BCUT2D eigenvalue weighted by molar-refractivity contribution is -0.385. The molecule has 1 N–H and O–H groups in total. The minimum atomic E-state index is -0.468. The normalized spacial score (nSPS) is 14.6. The summed E-state index contributed by atoms with van der Waals surface area (Å²) in [4.78, 5) is 19.5. The number of aromatic nitrogens is 2. The molecule has 7 heteroatoms. The zero-order valence-corrected chi connectivity index (χ0v) is 12.9. The third-order valence-electron chi connectivity index (χ3n) is 3.04. The molecule has 0 radical (unpaired) electrons. The van der Waals surface area contributed by atoms with E-state index < -0.39 is 4.92 Å². The molecule has 0 atom stereocenters. The first kappa shape index (κ1) is 15.5. The molecule has 0 saturated heterocycles. The van der Waals surface area contributed by atoms with Gasteiger partial charge in [0.05, 0.1) is 11.5 Å². The molecule has 1 aromatic heterocycles. The lowest BCUT2D eigenvalue weighted by atomic mass is 10.2. The van der Waals surface area contributed by atoms with E-state index in [0.29, 0.717) is 12.4 Å². The van der Waals surface area contributed by atoms with Crippen molar-refractivity contribution in [3.8, 4) is 5.88 Å². The maximum atomic E-state index is 11.4. The van der Waals surface area contributed by atoms with E-state index in [9.17, 15) is 10.1 Å². The lowest BCUT2D eigenvalue weighted by Gasteiger charge is -2.13. The SMILES string of the molecule is CC(C)COc1nc(C(C)C)nc(NC2CC2)c1[N+](=O)[O-]. The second kappa shape index (κ2) is 6.24. The Bertz CT molecular complexity index is 527. The molecule has 1 saturated carbocycles. The van der Waals surface area contributed by atoms with E-state index in [4.69, 9.17) is 4.74 Å². The van der Waals surface area contributed by atoms with E-state index >= 15 is 0 Å². The minimum absolute atomic E-state index is 0.0653. The first-order chi connectivity index (χ1) is 9.88. The van der Waals surface area contributed by atoms with E-state index in [2.05, 4.69) is 15.3 Å². The van der Waals surface area contributed by atoms with Gasteiger partial charge in [0.15, 0.2) is 0 Å². The number of anilines is 1. The zero-order valence-electron chi connectivity index (χ0n) is 12.9. The van der Waals surface area contributed by atoms with E-state index in [1.165, 1.54) is 0 Å². The molecule has 0 spiro atoms. The van der Waals surface area contributed by atoms with Gasteiger partial charge in [-0.2, -0.15) is 4.98 Å². The minimum Gasteiger partial charge on any atom is -0.472 e. The lowest BCUT2D eigenvalue weighted by Crippen LogP contribution is -2.14. The quantitative estimate of drug-likeness (QED) is 0.613. The molecule has 7 nitrogen and oxygen atoms in total. The number of nitro groups is 1. The Morgan fingerprint density at radius 2 is 2.00 bits per heavy atom. The van der Waals surface area contributed by atoms with Crippen molar-refractivity contribution >= 4 is 11.5 Å². The highest BCUT2D eigenvalue weighted by atomic mass is 16.6. The standard InChI is InChI=1S/C14H22N4O3/c1-8(2)7-21-14-11(18(19)20)13(15-10-5-6-10)16-12(17-14)9(3)4/h8-10H,5-7H2,1-4H3,(H,15,16,17). The monoisotopic (exact) mass is 294 g/mol. The summed E-state index contributed by atoms with van der Waals surface area (Å²) < 4.78 is 5.56. The molecular weight excluding hydrogens is 272 g/mol. The first-order valence-electron chi connectivity index (χ1n) is 7.34. The van der Waals surface area contributed by atoms with Crippen molar-refractivity contribution in [2.24, 2.45) is 5.92 Å². The summed E-state index contributed by atoms with van der Waals surface area (Å²) in [5, 5.41) is 14.5. The second-order valence-electron chi connectivity index (χ2n) is 6.12. The summed E-state index contributed by atoms with van der Waals surface area (Å²) in [6, 6.07) is 0.275. The molecule has 0 bridgehead atoms. The molecule has 0 unspecified atom stereocenters. The third kappa shape index (κ3) is 4.03. The van der Waals surface area contributed by atoms with Crippen LogP contribution < -0.4 is 10.1 Å². The van der Waals surface area contributed by atoms with Gasteiger partial charge in [-0.1, -0.05) is 27.7 Å². The topological polar surface area (TPSA) is 90.2 Å². The van der Waals surface area contributed by atoms with Gasteiger partial charge >= 0.3 is 5.69 Å². The predicted molar refractivity (Wildman–Crippen MR) is 79.8 cm³/mol. The van der Waals surface area contributed by atoms with Crippen molar-refractivity contribution in [1.29, 1.82) is 0 Å². The van der Waals surface area contributed by atoms with Crippen molar-refractivity contribution in [2.75, 3.05) is 11.9 Å². The second-order valence-corrected chi connectivity index (χ2v) is 6.12. The van der Waals surface area contributed by atoms with Crippen LogP contribution in [0.3, 0.4) is 0 Å². The fraction of sp³-hybridized carbons (Fsp3) is 0.714. The number of hydrogen-bond acceptors (Lipinski definition) is 6. The number of nitrogens with one attached hydrogen (secondary N) is 1. The average molecular weight is 294 g/mol. The first-order valence-corrected chi connectivity index (χ1v) is 7.34. The molecule has 1 aromatic rings. The van der Waals surface area contributed by atoms with Crippen LogP contribution >= 0.6 is 0 Å². The van der Waals surface area contributed by atoms with Gasteiger partial charge in [0, 0.05) is 12.0 Å². The van der Waals surface area contributed by atoms with Crippen LogP contribution in [0.2, 0.25) is 0 Å². The van der Waals surface area contributed by atoms with E-state index in [1.807, 2.05) is 27.7 Å². The third-order valence-corrected chi connectivity index (χ3v) is 3.04. The fourth-order valence-electron chi connectivity index (χ4n) is 1.74. The maximum absolute atomic E-state index is 11.4. The Labute approximate surface area is 124 Å². The molecule has 1 heterocycles. The van der Waals surface area contributed by atoms with Gasteiger partial charge in [0.25, 0.3) is 5.88 Å². The average Bonchev–Trinajstić information content (AvgIpc) is 3.19. The van der Waals surface area contributed by atoms with Gasteiger partial charge in [-0.25, -0.2) is 4.98 Å². The zero-order chi connectivity index (χ0) is 15.6. The van der Waals surface area contributed by atoms with Crippen LogP contribution in [0.5, 0.6) is 5.88 Å². The summed E-state index contributed by atoms with van der Waals surface area (Å²) in [6.07, 6.45) is 2.03. The van der Waals surface area contributed by atoms with E-state index in [-0.39, 0.29) is 35.3 Å². The number of rotatable bonds is 7. The largest absolute Gasteiger partial charge is 0.472 e. The van der Waals surface area contributed by atoms with Gasteiger partial charge in [0.2, 0.25) is 5.82 Å². The van der Waals surface area contributed by atoms with Crippen LogP contribution in [0.4, 0.5) is 11.5 Å². The van der Waals surface area contributed by atoms with Crippen LogP contribution in [-0.4, -0.2) is 27.5 Å². The summed E-state index contributed by atoms with van der Waals surface area (Å²) in [7, 11) is 0. The molecule has 1 aliphatic rings. The Balaban J connectivity index is 2.41. The highest BCUT2D eigenvalue weighted by Crippen LogP contribution is 2.36. The molecule has 0 amide bonds. The number of hydrogen-bond donors (Lipinski definition) is 1. The van der Waals surface area contributed by atoms with Crippen LogP contribution in [0.1, 0.15) is 52.3 Å². The highest BCUT2D eigenvalue weighted by Gasteiger charge is 2.31. The predicted octanol–water partition coefficient (Wildman–Crippen LogP) is 3.12. The molecule has 21 heavy (non-hydrogen) atoms. The van der Waals surface area contributed by atoms with Crippen LogP contribution in [0.25, 0.3) is 0 Å². The maximum Gasteiger partial charge on any atom is 0.372 e. The van der Waals surface area contributed by atoms with E-state index in [1.54, 1.807) is 0 Å². The highest BCUT2D eigenvalue weighted by molar-refractivity contribution is 5.62. The Morgan fingerprint density at radius 1 is 1.33 bits per heavy atom. The van der Waals surface area contributed by atoms with Gasteiger partial charge in [0.1, 0.15) is 5.82 Å². The summed E-state index contributed by atoms with van der Waals surface area (Å²) >= 11 is 0. The molecule has 0 aliphatic heterocycles. The molecule has 2 rings (SSSR count). The number of ether oxygens (including phenoxy) is 1. The molecular formula is C14H22N4O3.